The molecule has 68 valence electrons. The summed E-state index contributed by atoms with van der Waals surface area (Å²) in [5, 5.41) is 0. The second-order valence-electron chi connectivity index (χ2n) is 3.09. The molecule has 1 aromatic rings. The number of aryl methyl sites for hydroxylation is 1. The minimum absolute atomic E-state index is 0. The SMILES string of the molecule is CCc1ccc(C(C)C)cn1.S. The normalized spacial score (nSPS) is 9.67. The van der Waals surface area contributed by atoms with E-state index >= 15 is 0 Å². The molecule has 12 heavy (non-hydrogen) atoms. The maximum atomic E-state index is 4.32. The van der Waals surface area contributed by atoms with E-state index in [9.17, 15) is 0 Å². The summed E-state index contributed by atoms with van der Waals surface area (Å²) in [7, 11) is 0. The molecule has 1 rings (SSSR count). The van der Waals surface area contributed by atoms with Crippen LogP contribution in [-0.4, -0.2) is 4.98 Å². The van der Waals surface area contributed by atoms with Crippen LogP contribution in [0.25, 0.3) is 0 Å². The van der Waals surface area contributed by atoms with Gasteiger partial charge in [-0.15, -0.1) is 0 Å². The predicted octanol–water partition coefficient (Wildman–Crippen LogP) is 2.88. The zero-order chi connectivity index (χ0) is 8.27. The smallest absolute Gasteiger partial charge is 0.0401 e. The maximum absolute atomic E-state index is 4.32. The molecule has 1 aromatic heterocycles. The number of hydrogen-bond acceptors (Lipinski definition) is 1. The van der Waals surface area contributed by atoms with Crippen LogP contribution >= 0.6 is 13.5 Å². The molecule has 0 aliphatic rings. The number of rotatable bonds is 2. The first-order valence-electron chi connectivity index (χ1n) is 4.19. The van der Waals surface area contributed by atoms with Gasteiger partial charge >= 0.3 is 0 Å². The van der Waals surface area contributed by atoms with Crippen LogP contribution in [0.1, 0.15) is 37.9 Å². The van der Waals surface area contributed by atoms with Crippen LogP contribution in [0.5, 0.6) is 0 Å². The van der Waals surface area contributed by atoms with Gasteiger partial charge in [0.2, 0.25) is 0 Å². The van der Waals surface area contributed by atoms with Gasteiger partial charge in [-0.25, -0.2) is 0 Å². The van der Waals surface area contributed by atoms with E-state index < -0.39 is 0 Å². The van der Waals surface area contributed by atoms with Crippen LogP contribution in [0.15, 0.2) is 18.3 Å². The van der Waals surface area contributed by atoms with Gasteiger partial charge in [-0.05, 0) is 24.0 Å². The van der Waals surface area contributed by atoms with Gasteiger partial charge in [0.25, 0.3) is 0 Å². The molecule has 0 N–H and O–H groups in total. The highest BCUT2D eigenvalue weighted by molar-refractivity contribution is 7.59. The third-order valence-electron chi connectivity index (χ3n) is 1.88. The predicted molar refractivity (Wildman–Crippen MR) is 58.1 cm³/mol. The van der Waals surface area contributed by atoms with Gasteiger partial charge in [0, 0.05) is 11.9 Å². The number of hydrogen-bond donors (Lipinski definition) is 0. The van der Waals surface area contributed by atoms with E-state index in [0.29, 0.717) is 5.92 Å². The molecule has 0 aromatic carbocycles. The molecule has 0 radical (unpaired) electrons. The van der Waals surface area contributed by atoms with Crippen molar-refractivity contribution in [2.45, 2.75) is 33.1 Å². The summed E-state index contributed by atoms with van der Waals surface area (Å²) in [6.07, 6.45) is 3.00. The van der Waals surface area contributed by atoms with Crippen LogP contribution in [0.2, 0.25) is 0 Å². The highest BCUT2D eigenvalue weighted by atomic mass is 32.1. The van der Waals surface area contributed by atoms with Crippen molar-refractivity contribution in [2.24, 2.45) is 0 Å². The van der Waals surface area contributed by atoms with Gasteiger partial charge < -0.3 is 0 Å². The minimum Gasteiger partial charge on any atom is -0.261 e. The van der Waals surface area contributed by atoms with Gasteiger partial charge in [0.15, 0.2) is 0 Å². The third kappa shape index (κ3) is 2.86. The summed E-state index contributed by atoms with van der Waals surface area (Å²) >= 11 is 0. The van der Waals surface area contributed by atoms with Crippen LogP contribution in [0.4, 0.5) is 0 Å². The van der Waals surface area contributed by atoms with Crippen molar-refractivity contribution in [2.75, 3.05) is 0 Å². The standard InChI is InChI=1S/C10H15N.H2S/c1-4-10-6-5-9(7-11-10)8(2)3;/h5-8H,4H2,1-3H3;1H2. The van der Waals surface area contributed by atoms with Crippen molar-refractivity contribution in [3.8, 4) is 0 Å². The fourth-order valence-corrected chi connectivity index (χ4v) is 0.987. The van der Waals surface area contributed by atoms with E-state index in [4.69, 9.17) is 0 Å². The Balaban J connectivity index is 0.00000121. The second-order valence-corrected chi connectivity index (χ2v) is 3.09. The molecular weight excluding hydrogens is 166 g/mol. The van der Waals surface area contributed by atoms with E-state index in [2.05, 4.69) is 37.9 Å². The lowest BCUT2D eigenvalue weighted by atomic mass is 10.1. The van der Waals surface area contributed by atoms with Crippen LogP contribution in [-0.2, 0) is 6.42 Å². The molecule has 0 saturated heterocycles. The number of pyridine rings is 1. The Bertz CT molecular complexity index is 216. The first-order valence-corrected chi connectivity index (χ1v) is 4.19. The quantitative estimate of drug-likeness (QED) is 0.687. The van der Waals surface area contributed by atoms with Gasteiger partial charge in [-0.3, -0.25) is 4.98 Å². The highest BCUT2D eigenvalue weighted by Crippen LogP contribution is 2.12. The fourth-order valence-electron chi connectivity index (χ4n) is 0.987. The van der Waals surface area contributed by atoms with Gasteiger partial charge in [0.05, 0.1) is 0 Å². The van der Waals surface area contributed by atoms with E-state index in [1.165, 1.54) is 11.3 Å². The van der Waals surface area contributed by atoms with Crippen LogP contribution in [0, 0.1) is 0 Å². The van der Waals surface area contributed by atoms with E-state index in [1.54, 1.807) is 0 Å². The first kappa shape index (κ1) is 11.5. The molecule has 0 fully saturated rings. The Morgan fingerprint density at radius 2 is 2.00 bits per heavy atom. The average molecular weight is 183 g/mol. The monoisotopic (exact) mass is 183 g/mol. The minimum atomic E-state index is 0. The van der Waals surface area contributed by atoms with Crippen molar-refractivity contribution in [1.29, 1.82) is 0 Å². The Labute approximate surface area is 81.7 Å². The largest absolute Gasteiger partial charge is 0.261 e. The summed E-state index contributed by atoms with van der Waals surface area (Å²) in [4.78, 5) is 4.32. The topological polar surface area (TPSA) is 12.9 Å². The van der Waals surface area contributed by atoms with Crippen molar-refractivity contribution >= 4 is 13.5 Å². The number of nitrogens with zero attached hydrogens (tertiary/aromatic N) is 1. The summed E-state index contributed by atoms with van der Waals surface area (Å²) in [6, 6.07) is 4.27. The maximum Gasteiger partial charge on any atom is 0.0401 e. The molecule has 0 aliphatic heterocycles. The van der Waals surface area contributed by atoms with Gasteiger partial charge in [-0.1, -0.05) is 26.8 Å². The molecule has 0 unspecified atom stereocenters. The highest BCUT2D eigenvalue weighted by Gasteiger charge is 1.97. The lowest BCUT2D eigenvalue weighted by molar-refractivity contribution is 0.851. The second kappa shape index (κ2) is 5.20. The molecule has 0 atom stereocenters. The Morgan fingerprint density at radius 3 is 2.33 bits per heavy atom. The molecule has 2 heteroatoms. The Hall–Kier alpha value is -0.500. The number of aromatic nitrogens is 1. The van der Waals surface area contributed by atoms with E-state index in [0.717, 1.165) is 6.42 Å². The van der Waals surface area contributed by atoms with E-state index in [1.807, 2.05) is 6.20 Å². The van der Waals surface area contributed by atoms with Crippen molar-refractivity contribution < 1.29 is 0 Å². The zero-order valence-corrected chi connectivity index (χ0v) is 8.96. The van der Waals surface area contributed by atoms with Crippen molar-refractivity contribution in [3.05, 3.63) is 29.6 Å². The Morgan fingerprint density at radius 1 is 1.33 bits per heavy atom. The average Bonchev–Trinajstić information content (AvgIpc) is 2.05. The summed E-state index contributed by atoms with van der Waals surface area (Å²) in [6.45, 7) is 6.49. The fraction of sp³-hybridized carbons (Fsp3) is 0.500. The molecular formula is C10H17NS. The third-order valence-corrected chi connectivity index (χ3v) is 1.88. The van der Waals surface area contributed by atoms with Gasteiger partial charge in [0.1, 0.15) is 0 Å². The molecule has 1 heterocycles. The molecule has 1 nitrogen and oxygen atoms in total. The zero-order valence-electron chi connectivity index (χ0n) is 7.96. The summed E-state index contributed by atoms with van der Waals surface area (Å²) in [5.74, 6) is 0.591. The first-order chi connectivity index (χ1) is 5.24. The van der Waals surface area contributed by atoms with E-state index in [-0.39, 0.29) is 13.5 Å². The summed E-state index contributed by atoms with van der Waals surface area (Å²) in [5.41, 5.74) is 2.50. The molecule has 0 aliphatic carbocycles. The summed E-state index contributed by atoms with van der Waals surface area (Å²) < 4.78 is 0. The molecule has 0 bridgehead atoms. The van der Waals surface area contributed by atoms with Crippen LogP contribution < -0.4 is 0 Å². The van der Waals surface area contributed by atoms with Crippen molar-refractivity contribution in [3.63, 3.8) is 0 Å². The Kier molecular flexibility index (Phi) is 4.98. The molecule has 0 amide bonds. The van der Waals surface area contributed by atoms with Crippen LogP contribution in [0.3, 0.4) is 0 Å². The lowest BCUT2D eigenvalue weighted by Gasteiger charge is -2.04. The van der Waals surface area contributed by atoms with Gasteiger partial charge in [-0.2, -0.15) is 13.5 Å². The molecule has 0 saturated carbocycles. The van der Waals surface area contributed by atoms with Crippen molar-refractivity contribution in [1.82, 2.24) is 4.98 Å². The molecule has 0 spiro atoms. The lowest BCUT2D eigenvalue weighted by Crippen LogP contribution is -1.91.